The Hall–Kier alpha value is -1.57. The van der Waals surface area contributed by atoms with E-state index in [0.717, 1.165) is 24.2 Å². The lowest BCUT2D eigenvalue weighted by atomic mass is 10.0. The van der Waals surface area contributed by atoms with Crippen LogP contribution >= 0.6 is 11.6 Å². The lowest BCUT2D eigenvalue weighted by Crippen LogP contribution is -2.37. The van der Waals surface area contributed by atoms with Crippen molar-refractivity contribution in [2.45, 2.75) is 30.8 Å². The first-order chi connectivity index (χ1) is 10.9. The number of fused-ring (bicyclic) bond motifs is 1. The minimum atomic E-state index is -3.72. The largest absolute Gasteiger partial charge is 0.489 e. The highest BCUT2D eigenvalue weighted by atomic mass is 35.5. The van der Waals surface area contributed by atoms with Crippen molar-refractivity contribution in [3.8, 4) is 5.75 Å². The van der Waals surface area contributed by atoms with Gasteiger partial charge in [-0.1, -0.05) is 29.8 Å². The molecule has 0 bridgehead atoms. The number of rotatable bonds is 4. The van der Waals surface area contributed by atoms with Crippen LogP contribution in [0.5, 0.6) is 5.75 Å². The molecule has 1 aliphatic heterocycles. The number of aryl methyl sites for hydroxylation is 3. The number of nitrogens with zero attached hydrogens (tertiary/aromatic N) is 2. The molecule has 0 aliphatic carbocycles. The molecule has 0 radical (unpaired) electrons. The van der Waals surface area contributed by atoms with Gasteiger partial charge in [-0.25, -0.2) is 13.1 Å². The minimum Gasteiger partial charge on any atom is -0.489 e. The summed E-state index contributed by atoms with van der Waals surface area (Å²) in [5.41, 5.74) is 1.53. The molecule has 0 saturated carbocycles. The highest BCUT2D eigenvalue weighted by Gasteiger charge is 2.27. The third-order valence-electron chi connectivity index (χ3n) is 3.87. The van der Waals surface area contributed by atoms with Gasteiger partial charge in [0.15, 0.2) is 0 Å². The van der Waals surface area contributed by atoms with Gasteiger partial charge in [0.2, 0.25) is 10.0 Å². The average molecular weight is 356 g/mol. The van der Waals surface area contributed by atoms with Crippen LogP contribution in [-0.4, -0.2) is 30.8 Å². The number of para-hydroxylation sites is 1. The van der Waals surface area contributed by atoms with Crippen LogP contribution in [0.15, 0.2) is 29.2 Å². The molecule has 124 valence electrons. The van der Waals surface area contributed by atoms with Gasteiger partial charge in [-0.05, 0) is 31.4 Å². The normalized spacial score (nSPS) is 17.6. The summed E-state index contributed by atoms with van der Waals surface area (Å²) in [6, 6.07) is 7.80. The van der Waals surface area contributed by atoms with Crippen LogP contribution in [0.25, 0.3) is 0 Å². The average Bonchev–Trinajstić information content (AvgIpc) is 2.78. The summed E-state index contributed by atoms with van der Waals surface area (Å²) in [6.45, 7) is 1.81. The van der Waals surface area contributed by atoms with Crippen molar-refractivity contribution in [1.82, 2.24) is 14.5 Å². The third kappa shape index (κ3) is 3.22. The molecule has 6 nitrogen and oxygen atoms in total. The molecule has 1 atom stereocenters. The summed E-state index contributed by atoms with van der Waals surface area (Å²) in [5.74, 6) is 0.818. The van der Waals surface area contributed by atoms with E-state index in [1.807, 2.05) is 24.3 Å². The second-order valence-corrected chi connectivity index (χ2v) is 7.63. The zero-order valence-corrected chi connectivity index (χ0v) is 14.5. The van der Waals surface area contributed by atoms with Crippen molar-refractivity contribution in [3.05, 3.63) is 40.7 Å². The van der Waals surface area contributed by atoms with Crippen LogP contribution in [0.1, 0.15) is 17.7 Å². The van der Waals surface area contributed by atoms with E-state index in [4.69, 9.17) is 16.3 Å². The van der Waals surface area contributed by atoms with Gasteiger partial charge >= 0.3 is 0 Å². The highest BCUT2D eigenvalue weighted by Crippen LogP contribution is 2.27. The van der Waals surface area contributed by atoms with Crippen LogP contribution in [0.2, 0.25) is 5.15 Å². The monoisotopic (exact) mass is 355 g/mol. The van der Waals surface area contributed by atoms with E-state index in [2.05, 4.69) is 9.82 Å². The van der Waals surface area contributed by atoms with Crippen molar-refractivity contribution in [2.75, 3.05) is 6.54 Å². The topological polar surface area (TPSA) is 73.2 Å². The quantitative estimate of drug-likeness (QED) is 0.911. The fourth-order valence-electron chi connectivity index (χ4n) is 2.71. The third-order valence-corrected chi connectivity index (χ3v) is 5.99. The number of halogens is 1. The first-order valence-corrected chi connectivity index (χ1v) is 9.18. The fourth-order valence-corrected chi connectivity index (χ4v) is 4.53. The number of hydrogen-bond acceptors (Lipinski definition) is 4. The predicted octanol–water partition coefficient (Wildman–Crippen LogP) is 2.05. The Balaban J connectivity index is 1.71. The maximum Gasteiger partial charge on any atom is 0.245 e. The number of hydrogen-bond donors (Lipinski definition) is 1. The standard InChI is InChI=1S/C15H18ClN3O3S/c1-10-14(15(16)19(2)18-10)23(20,21)17-9-12-8-7-11-5-3-4-6-13(11)22-12/h3-6,12,17H,7-9H2,1-2H3. The summed E-state index contributed by atoms with van der Waals surface area (Å²) in [4.78, 5) is 0.0258. The highest BCUT2D eigenvalue weighted by molar-refractivity contribution is 7.89. The van der Waals surface area contributed by atoms with E-state index in [-0.39, 0.29) is 22.7 Å². The second-order valence-electron chi connectivity index (χ2n) is 5.57. The number of sulfonamides is 1. The van der Waals surface area contributed by atoms with E-state index in [9.17, 15) is 8.42 Å². The van der Waals surface area contributed by atoms with E-state index in [1.54, 1.807) is 14.0 Å². The zero-order valence-electron chi connectivity index (χ0n) is 12.9. The van der Waals surface area contributed by atoms with Crippen molar-refractivity contribution < 1.29 is 13.2 Å². The van der Waals surface area contributed by atoms with Gasteiger partial charge in [0, 0.05) is 13.6 Å². The maximum absolute atomic E-state index is 12.5. The van der Waals surface area contributed by atoms with Crippen LogP contribution in [-0.2, 0) is 23.5 Å². The number of benzene rings is 1. The van der Waals surface area contributed by atoms with Crippen LogP contribution < -0.4 is 9.46 Å². The Morgan fingerprint density at radius 3 is 2.87 bits per heavy atom. The van der Waals surface area contributed by atoms with Gasteiger partial charge in [-0.15, -0.1) is 0 Å². The molecule has 0 amide bonds. The van der Waals surface area contributed by atoms with Gasteiger partial charge < -0.3 is 4.74 Å². The summed E-state index contributed by atoms with van der Waals surface area (Å²) < 4.78 is 34.7. The predicted molar refractivity (Wildman–Crippen MR) is 87.3 cm³/mol. The molecule has 2 aromatic rings. The molecule has 0 spiro atoms. The SMILES string of the molecule is Cc1nn(C)c(Cl)c1S(=O)(=O)NCC1CCc2ccccc2O1. The smallest absolute Gasteiger partial charge is 0.245 e. The Morgan fingerprint density at radius 1 is 1.43 bits per heavy atom. The summed E-state index contributed by atoms with van der Waals surface area (Å²) in [5, 5.41) is 4.14. The van der Waals surface area contributed by atoms with Crippen molar-refractivity contribution in [2.24, 2.45) is 7.05 Å². The van der Waals surface area contributed by atoms with Gasteiger partial charge in [0.1, 0.15) is 21.9 Å². The Bertz CT molecular complexity index is 832. The Morgan fingerprint density at radius 2 is 2.17 bits per heavy atom. The van der Waals surface area contributed by atoms with Gasteiger partial charge in [0.05, 0.1) is 5.69 Å². The molecule has 0 fully saturated rings. The molecule has 1 aromatic carbocycles. The molecule has 8 heteroatoms. The number of nitrogens with one attached hydrogen (secondary N) is 1. The molecule has 1 N–H and O–H groups in total. The van der Waals surface area contributed by atoms with Gasteiger partial charge in [-0.3, -0.25) is 4.68 Å². The molecular weight excluding hydrogens is 338 g/mol. The van der Waals surface area contributed by atoms with Crippen molar-refractivity contribution in [1.29, 1.82) is 0 Å². The van der Waals surface area contributed by atoms with Gasteiger partial charge in [-0.2, -0.15) is 5.10 Å². The second kappa shape index (κ2) is 6.14. The molecule has 1 aliphatic rings. The molecule has 23 heavy (non-hydrogen) atoms. The molecule has 1 aromatic heterocycles. The summed E-state index contributed by atoms with van der Waals surface area (Å²) in [6.07, 6.45) is 1.43. The Labute approximate surface area is 140 Å². The van der Waals surface area contributed by atoms with E-state index >= 15 is 0 Å². The van der Waals surface area contributed by atoms with E-state index in [1.165, 1.54) is 4.68 Å². The maximum atomic E-state index is 12.5. The van der Waals surface area contributed by atoms with Crippen molar-refractivity contribution >= 4 is 21.6 Å². The lowest BCUT2D eigenvalue weighted by Gasteiger charge is -2.26. The molecule has 3 rings (SSSR count). The Kier molecular flexibility index (Phi) is 4.35. The fraction of sp³-hybridized carbons (Fsp3) is 0.400. The zero-order chi connectivity index (χ0) is 16.6. The molecule has 2 heterocycles. The first kappa shape index (κ1) is 16.3. The van der Waals surface area contributed by atoms with E-state index < -0.39 is 10.0 Å². The minimum absolute atomic E-state index is 0.0258. The summed E-state index contributed by atoms with van der Waals surface area (Å²) >= 11 is 6.04. The van der Waals surface area contributed by atoms with Gasteiger partial charge in [0.25, 0.3) is 0 Å². The van der Waals surface area contributed by atoms with Crippen LogP contribution in [0, 0.1) is 6.92 Å². The molecule has 0 saturated heterocycles. The van der Waals surface area contributed by atoms with E-state index in [0.29, 0.717) is 5.69 Å². The lowest BCUT2D eigenvalue weighted by molar-refractivity contribution is 0.177. The molecular formula is C15H18ClN3O3S. The number of ether oxygens (including phenoxy) is 1. The first-order valence-electron chi connectivity index (χ1n) is 7.32. The van der Waals surface area contributed by atoms with Crippen molar-refractivity contribution in [3.63, 3.8) is 0 Å². The number of aromatic nitrogens is 2. The van der Waals surface area contributed by atoms with Crippen LogP contribution in [0.3, 0.4) is 0 Å². The van der Waals surface area contributed by atoms with Crippen LogP contribution in [0.4, 0.5) is 0 Å². The summed E-state index contributed by atoms with van der Waals surface area (Å²) in [7, 11) is -2.12. The molecule has 1 unspecified atom stereocenters.